The van der Waals surface area contributed by atoms with Gasteiger partial charge in [-0.15, -0.1) is 11.3 Å². The highest BCUT2D eigenvalue weighted by molar-refractivity contribution is 7.89. The number of hydrogen-bond acceptors (Lipinski definition) is 4. The van der Waals surface area contributed by atoms with Crippen molar-refractivity contribution in [1.82, 2.24) is 4.72 Å². The van der Waals surface area contributed by atoms with Gasteiger partial charge < -0.3 is 5.11 Å². The smallest absolute Gasteiger partial charge is 0.307 e. The van der Waals surface area contributed by atoms with Gasteiger partial charge in [0.1, 0.15) is 0 Å². The van der Waals surface area contributed by atoms with E-state index in [0.29, 0.717) is 5.56 Å². The second kappa shape index (κ2) is 6.38. The summed E-state index contributed by atoms with van der Waals surface area (Å²) in [5.41, 5.74) is 0.563. The van der Waals surface area contributed by atoms with Gasteiger partial charge >= 0.3 is 5.97 Å². The zero-order valence-electron chi connectivity index (χ0n) is 11.3. The van der Waals surface area contributed by atoms with Crippen molar-refractivity contribution in [1.29, 1.82) is 0 Å². The molecule has 0 aliphatic rings. The Balaban J connectivity index is 2.14. The maximum atomic E-state index is 12.2. The van der Waals surface area contributed by atoms with Gasteiger partial charge in [-0.2, -0.15) is 0 Å². The summed E-state index contributed by atoms with van der Waals surface area (Å²) >= 11 is 1.48. The highest BCUT2D eigenvalue weighted by Gasteiger charge is 2.18. The molecule has 1 aromatic carbocycles. The molecular weight excluding hydrogens is 310 g/mol. The number of rotatable bonds is 6. The Labute approximate surface area is 127 Å². The molecule has 5 nitrogen and oxygen atoms in total. The lowest BCUT2D eigenvalue weighted by atomic mass is 10.2. The van der Waals surface area contributed by atoms with Crippen LogP contribution in [0.2, 0.25) is 0 Å². The fraction of sp³-hybridized carbons (Fsp3) is 0.214. The molecule has 21 heavy (non-hydrogen) atoms. The van der Waals surface area contributed by atoms with Crippen LogP contribution in [0, 0.1) is 0 Å². The first kappa shape index (κ1) is 15.7. The summed E-state index contributed by atoms with van der Waals surface area (Å²) in [5, 5.41) is 10.6. The molecule has 7 heteroatoms. The van der Waals surface area contributed by atoms with Gasteiger partial charge in [-0.3, -0.25) is 4.79 Å². The van der Waals surface area contributed by atoms with Crippen LogP contribution in [-0.4, -0.2) is 19.5 Å². The van der Waals surface area contributed by atoms with Crippen molar-refractivity contribution in [2.75, 3.05) is 0 Å². The first-order valence-electron chi connectivity index (χ1n) is 6.25. The summed E-state index contributed by atoms with van der Waals surface area (Å²) in [6.45, 7) is 1.78. The van der Waals surface area contributed by atoms with Crippen LogP contribution in [0.3, 0.4) is 0 Å². The molecule has 0 saturated heterocycles. The average Bonchev–Trinajstić information content (AvgIpc) is 2.92. The first-order chi connectivity index (χ1) is 9.88. The molecule has 0 radical (unpaired) electrons. The van der Waals surface area contributed by atoms with Gasteiger partial charge in [0, 0.05) is 4.88 Å². The lowest BCUT2D eigenvalue weighted by molar-refractivity contribution is -0.136. The summed E-state index contributed by atoms with van der Waals surface area (Å²) in [6, 6.07) is 9.29. The van der Waals surface area contributed by atoms with E-state index in [1.165, 1.54) is 35.6 Å². The van der Waals surface area contributed by atoms with Crippen molar-refractivity contribution < 1.29 is 18.3 Å². The molecule has 2 aromatic rings. The van der Waals surface area contributed by atoms with E-state index in [1.807, 2.05) is 17.5 Å². The van der Waals surface area contributed by atoms with Crippen LogP contribution in [0.25, 0.3) is 0 Å². The van der Waals surface area contributed by atoms with Crippen LogP contribution in [0.15, 0.2) is 46.7 Å². The van der Waals surface area contributed by atoms with Crippen molar-refractivity contribution >= 4 is 27.3 Å². The molecule has 0 saturated carbocycles. The van der Waals surface area contributed by atoms with Gasteiger partial charge in [-0.05, 0) is 36.1 Å². The minimum absolute atomic E-state index is 0.125. The second-order valence-electron chi connectivity index (χ2n) is 4.57. The molecule has 0 bridgehead atoms. The molecule has 1 aromatic heterocycles. The fourth-order valence-electron chi connectivity index (χ4n) is 1.86. The van der Waals surface area contributed by atoms with Gasteiger partial charge in [0.15, 0.2) is 0 Å². The van der Waals surface area contributed by atoms with Crippen LogP contribution < -0.4 is 4.72 Å². The van der Waals surface area contributed by atoms with E-state index in [9.17, 15) is 13.2 Å². The van der Waals surface area contributed by atoms with Crippen LogP contribution in [0.5, 0.6) is 0 Å². The number of thiophene rings is 1. The highest BCUT2D eigenvalue weighted by atomic mass is 32.2. The Morgan fingerprint density at radius 3 is 2.48 bits per heavy atom. The number of carbonyl (C=O) groups is 1. The van der Waals surface area contributed by atoms with Gasteiger partial charge in [0.05, 0.1) is 17.4 Å². The first-order valence-corrected chi connectivity index (χ1v) is 8.61. The van der Waals surface area contributed by atoms with Crippen molar-refractivity contribution in [3.8, 4) is 0 Å². The Morgan fingerprint density at radius 1 is 1.29 bits per heavy atom. The summed E-state index contributed by atoms with van der Waals surface area (Å²) in [5.74, 6) is -0.949. The van der Waals surface area contributed by atoms with E-state index in [0.717, 1.165) is 4.88 Å². The van der Waals surface area contributed by atoms with E-state index in [4.69, 9.17) is 5.11 Å². The third-order valence-electron chi connectivity index (χ3n) is 2.89. The quantitative estimate of drug-likeness (QED) is 0.854. The molecule has 1 atom stereocenters. The number of hydrogen-bond donors (Lipinski definition) is 2. The highest BCUT2D eigenvalue weighted by Crippen LogP contribution is 2.21. The van der Waals surface area contributed by atoms with Crippen LogP contribution >= 0.6 is 11.3 Å². The lowest BCUT2D eigenvalue weighted by Crippen LogP contribution is -2.26. The topological polar surface area (TPSA) is 83.5 Å². The molecule has 2 rings (SSSR count). The van der Waals surface area contributed by atoms with E-state index in [-0.39, 0.29) is 17.4 Å². The maximum absolute atomic E-state index is 12.2. The SMILES string of the molecule is C[C@H](NS(=O)(=O)c1ccc(CC(=O)O)cc1)c1cccs1. The Kier molecular flexibility index (Phi) is 4.76. The lowest BCUT2D eigenvalue weighted by Gasteiger charge is -2.13. The predicted octanol–water partition coefficient (Wildman–Crippen LogP) is 2.41. The number of aliphatic carboxylic acids is 1. The standard InChI is InChI=1S/C14H15NO4S2/c1-10(13-3-2-8-20-13)15-21(18,19)12-6-4-11(5-7-12)9-14(16)17/h2-8,10,15H,9H2,1H3,(H,16,17)/t10-/m0/s1. The summed E-state index contributed by atoms with van der Waals surface area (Å²) < 4.78 is 27.1. The van der Waals surface area contributed by atoms with Crippen molar-refractivity contribution in [2.24, 2.45) is 0 Å². The third-order valence-corrected chi connectivity index (χ3v) is 5.50. The molecule has 112 valence electrons. The Bertz CT molecular complexity index is 706. The summed E-state index contributed by atoms with van der Waals surface area (Å²) in [7, 11) is -3.62. The molecule has 0 spiro atoms. The predicted molar refractivity (Wildman–Crippen MR) is 80.8 cm³/mol. The van der Waals surface area contributed by atoms with Crippen molar-refractivity contribution in [3.63, 3.8) is 0 Å². The van der Waals surface area contributed by atoms with Crippen LogP contribution in [0.4, 0.5) is 0 Å². The zero-order chi connectivity index (χ0) is 15.5. The van der Waals surface area contributed by atoms with E-state index < -0.39 is 16.0 Å². The van der Waals surface area contributed by atoms with Crippen molar-refractivity contribution in [3.05, 3.63) is 52.2 Å². The number of sulfonamides is 1. The van der Waals surface area contributed by atoms with Crippen molar-refractivity contribution in [2.45, 2.75) is 24.3 Å². The minimum atomic E-state index is -3.62. The maximum Gasteiger partial charge on any atom is 0.307 e. The molecule has 0 fully saturated rings. The minimum Gasteiger partial charge on any atom is -0.481 e. The summed E-state index contributed by atoms with van der Waals surface area (Å²) in [4.78, 5) is 11.7. The number of benzene rings is 1. The number of nitrogens with one attached hydrogen (secondary N) is 1. The largest absolute Gasteiger partial charge is 0.481 e. The molecule has 0 aliphatic heterocycles. The van der Waals surface area contributed by atoms with E-state index in [1.54, 1.807) is 6.92 Å². The molecular formula is C14H15NO4S2. The zero-order valence-corrected chi connectivity index (χ0v) is 12.9. The normalized spacial score (nSPS) is 13.0. The fourth-order valence-corrected chi connectivity index (χ4v) is 3.89. The Morgan fingerprint density at radius 2 is 1.95 bits per heavy atom. The van der Waals surface area contributed by atoms with Gasteiger partial charge in [-0.1, -0.05) is 18.2 Å². The molecule has 0 amide bonds. The van der Waals surface area contributed by atoms with Crippen LogP contribution in [0.1, 0.15) is 23.4 Å². The Hall–Kier alpha value is -1.70. The molecule has 1 heterocycles. The summed E-state index contributed by atoms with van der Waals surface area (Å²) in [6.07, 6.45) is -0.126. The average molecular weight is 325 g/mol. The second-order valence-corrected chi connectivity index (χ2v) is 7.27. The number of carboxylic acids is 1. The third kappa shape index (κ3) is 4.13. The van der Waals surface area contributed by atoms with Gasteiger partial charge in [-0.25, -0.2) is 13.1 Å². The molecule has 0 aliphatic carbocycles. The van der Waals surface area contributed by atoms with Crippen LogP contribution in [-0.2, 0) is 21.2 Å². The molecule has 0 unspecified atom stereocenters. The number of carboxylic acid groups (broad SMARTS) is 1. The van der Waals surface area contributed by atoms with Gasteiger partial charge in [0.25, 0.3) is 0 Å². The molecule has 2 N–H and O–H groups in total. The van der Waals surface area contributed by atoms with Gasteiger partial charge in [0.2, 0.25) is 10.0 Å². The van der Waals surface area contributed by atoms with E-state index in [2.05, 4.69) is 4.72 Å². The monoisotopic (exact) mass is 325 g/mol. The van der Waals surface area contributed by atoms with E-state index >= 15 is 0 Å².